The van der Waals surface area contributed by atoms with E-state index < -0.39 is 0 Å². The maximum atomic E-state index is 12.2. The molecule has 1 amide bonds. The van der Waals surface area contributed by atoms with Crippen LogP contribution in [0.1, 0.15) is 18.1 Å². The second-order valence-corrected chi connectivity index (χ2v) is 5.91. The summed E-state index contributed by atoms with van der Waals surface area (Å²) in [6.07, 6.45) is 0.914. The number of benzene rings is 2. The van der Waals surface area contributed by atoms with Crippen LogP contribution in [-0.2, 0) is 11.2 Å². The number of fused-ring (bicyclic) bond motifs is 3. The van der Waals surface area contributed by atoms with Crippen molar-refractivity contribution in [1.29, 1.82) is 0 Å². The van der Waals surface area contributed by atoms with E-state index in [1.807, 2.05) is 13.0 Å². The molecule has 0 saturated carbocycles. The second kappa shape index (κ2) is 4.40. The molecule has 2 aromatic carbocycles. The smallest absolute Gasteiger partial charge is 0.255 e. The van der Waals surface area contributed by atoms with E-state index in [9.17, 15) is 4.79 Å². The second-order valence-electron chi connectivity index (χ2n) is 5.52. The number of carbonyl (C=O) groups excluding carboxylic acids is 1. The minimum Gasteiger partial charge on any atom is -0.350 e. The van der Waals surface area contributed by atoms with Crippen molar-refractivity contribution in [2.24, 2.45) is 0 Å². The van der Waals surface area contributed by atoms with Gasteiger partial charge >= 0.3 is 0 Å². The molecule has 3 nitrogen and oxygen atoms in total. The van der Waals surface area contributed by atoms with E-state index in [1.54, 1.807) is 4.90 Å². The summed E-state index contributed by atoms with van der Waals surface area (Å²) >= 11 is 5.27. The average molecular weight is 294 g/mol. The Labute approximate surface area is 128 Å². The van der Waals surface area contributed by atoms with Crippen molar-refractivity contribution in [3.8, 4) is 11.1 Å². The van der Waals surface area contributed by atoms with Crippen LogP contribution in [0.2, 0.25) is 0 Å². The molecule has 4 heteroatoms. The van der Waals surface area contributed by atoms with E-state index in [0.29, 0.717) is 5.11 Å². The topological polar surface area (TPSA) is 32.3 Å². The van der Waals surface area contributed by atoms with Gasteiger partial charge in [-0.1, -0.05) is 30.3 Å². The molecule has 1 N–H and O–H groups in total. The Morgan fingerprint density at radius 2 is 1.90 bits per heavy atom. The summed E-state index contributed by atoms with van der Waals surface area (Å²) in [5.41, 5.74) is 6.00. The first-order chi connectivity index (χ1) is 10.1. The predicted octanol–water partition coefficient (Wildman–Crippen LogP) is 2.87. The standard InChI is InChI=1S/C17H14N2OS/c1-10-16(20)19(17(21)18-10)13-6-7-15-12(9-13)8-11-4-2-3-5-14(11)15/h2-7,9-10H,8H2,1H3,(H,18,21)/t10-/m1/s1. The Balaban J connectivity index is 1.77. The normalized spacial score (nSPS) is 19.5. The van der Waals surface area contributed by atoms with Gasteiger partial charge in [-0.3, -0.25) is 9.69 Å². The Bertz CT molecular complexity index is 784. The van der Waals surface area contributed by atoms with Crippen LogP contribution in [0.5, 0.6) is 0 Å². The lowest BCUT2D eigenvalue weighted by atomic mass is 10.1. The number of anilines is 1. The molecule has 0 aromatic heterocycles. The molecule has 0 bridgehead atoms. The van der Waals surface area contributed by atoms with Gasteiger partial charge in [-0.05, 0) is 59.9 Å². The highest BCUT2D eigenvalue weighted by Crippen LogP contribution is 2.38. The summed E-state index contributed by atoms with van der Waals surface area (Å²) < 4.78 is 0. The zero-order valence-corrected chi connectivity index (χ0v) is 12.4. The SMILES string of the molecule is C[C@H]1NC(=S)N(c2ccc3c(c2)Cc2ccccc2-3)C1=O. The predicted molar refractivity (Wildman–Crippen MR) is 87.4 cm³/mol. The van der Waals surface area contributed by atoms with E-state index in [0.717, 1.165) is 12.1 Å². The minimum absolute atomic E-state index is 0.00969. The van der Waals surface area contributed by atoms with Crippen molar-refractivity contribution in [3.05, 3.63) is 53.6 Å². The zero-order chi connectivity index (χ0) is 14.6. The molecule has 21 heavy (non-hydrogen) atoms. The highest BCUT2D eigenvalue weighted by Gasteiger charge is 2.33. The van der Waals surface area contributed by atoms with Crippen molar-refractivity contribution in [2.75, 3.05) is 4.90 Å². The van der Waals surface area contributed by atoms with Crippen molar-refractivity contribution in [1.82, 2.24) is 5.32 Å². The Hall–Kier alpha value is -2.20. The van der Waals surface area contributed by atoms with E-state index in [4.69, 9.17) is 12.2 Å². The summed E-state index contributed by atoms with van der Waals surface area (Å²) in [5, 5.41) is 3.50. The lowest BCUT2D eigenvalue weighted by molar-refractivity contribution is -0.117. The third-order valence-electron chi connectivity index (χ3n) is 4.17. The number of thiocarbonyl (C=S) groups is 1. The molecule has 1 aliphatic carbocycles. The largest absolute Gasteiger partial charge is 0.350 e. The summed E-state index contributed by atoms with van der Waals surface area (Å²) in [6, 6.07) is 14.3. The fourth-order valence-corrected chi connectivity index (χ4v) is 3.49. The molecule has 2 aliphatic rings. The molecule has 0 radical (unpaired) electrons. The van der Waals surface area contributed by atoms with Gasteiger partial charge in [0.25, 0.3) is 5.91 Å². The van der Waals surface area contributed by atoms with Crippen LogP contribution >= 0.6 is 12.2 Å². The molecule has 1 aliphatic heterocycles. The highest BCUT2D eigenvalue weighted by molar-refractivity contribution is 7.80. The number of nitrogens with zero attached hydrogens (tertiary/aromatic N) is 1. The molecule has 104 valence electrons. The molecule has 0 unspecified atom stereocenters. The van der Waals surface area contributed by atoms with Crippen molar-refractivity contribution in [2.45, 2.75) is 19.4 Å². The summed E-state index contributed by atoms with van der Waals surface area (Å²) in [4.78, 5) is 13.8. The van der Waals surface area contributed by atoms with Crippen LogP contribution < -0.4 is 10.2 Å². The lowest BCUT2D eigenvalue weighted by Gasteiger charge is -2.16. The van der Waals surface area contributed by atoms with Crippen molar-refractivity contribution in [3.63, 3.8) is 0 Å². The van der Waals surface area contributed by atoms with E-state index >= 15 is 0 Å². The molecule has 1 saturated heterocycles. The maximum Gasteiger partial charge on any atom is 0.255 e. The lowest BCUT2D eigenvalue weighted by Crippen LogP contribution is -2.30. The Kier molecular flexibility index (Phi) is 2.62. The number of carbonyl (C=O) groups is 1. The first-order valence-corrected chi connectivity index (χ1v) is 7.41. The van der Waals surface area contributed by atoms with E-state index in [1.165, 1.54) is 22.3 Å². The van der Waals surface area contributed by atoms with Gasteiger partial charge in [0, 0.05) is 0 Å². The third-order valence-corrected chi connectivity index (χ3v) is 4.47. The third kappa shape index (κ3) is 1.79. The van der Waals surface area contributed by atoms with Crippen LogP contribution in [0, 0.1) is 0 Å². The zero-order valence-electron chi connectivity index (χ0n) is 11.6. The highest BCUT2D eigenvalue weighted by atomic mass is 32.1. The van der Waals surface area contributed by atoms with Gasteiger partial charge in [0.15, 0.2) is 5.11 Å². The van der Waals surface area contributed by atoms with Gasteiger partial charge in [0.1, 0.15) is 6.04 Å². The number of nitrogens with one attached hydrogen (secondary N) is 1. The summed E-state index contributed by atoms with van der Waals surface area (Å²) in [6.45, 7) is 1.83. The number of hydrogen-bond acceptors (Lipinski definition) is 2. The summed E-state index contributed by atoms with van der Waals surface area (Å²) in [7, 11) is 0. The Morgan fingerprint density at radius 3 is 2.67 bits per heavy atom. The van der Waals surface area contributed by atoms with Crippen LogP contribution in [0.15, 0.2) is 42.5 Å². The van der Waals surface area contributed by atoms with Gasteiger partial charge in [-0.2, -0.15) is 0 Å². The summed E-state index contributed by atoms with van der Waals surface area (Å²) in [5.74, 6) is 0.00969. The van der Waals surface area contributed by atoms with Crippen LogP contribution in [0.4, 0.5) is 5.69 Å². The van der Waals surface area contributed by atoms with Gasteiger partial charge < -0.3 is 5.32 Å². The molecular formula is C17H14N2OS. The average Bonchev–Trinajstić information content (AvgIpc) is 2.96. The van der Waals surface area contributed by atoms with Gasteiger partial charge in [-0.15, -0.1) is 0 Å². The number of rotatable bonds is 1. The number of hydrogen-bond donors (Lipinski definition) is 1. The molecule has 1 fully saturated rings. The molecular weight excluding hydrogens is 280 g/mol. The molecule has 2 aromatic rings. The minimum atomic E-state index is -0.247. The van der Waals surface area contributed by atoms with Crippen molar-refractivity contribution < 1.29 is 4.79 Å². The van der Waals surface area contributed by atoms with Gasteiger partial charge in [-0.25, -0.2) is 0 Å². The fourth-order valence-electron chi connectivity index (χ4n) is 3.12. The number of amides is 1. The monoisotopic (exact) mass is 294 g/mol. The van der Waals surface area contributed by atoms with Crippen LogP contribution in [-0.4, -0.2) is 17.1 Å². The van der Waals surface area contributed by atoms with Crippen LogP contribution in [0.3, 0.4) is 0 Å². The first kappa shape index (κ1) is 12.5. The van der Waals surface area contributed by atoms with Gasteiger partial charge in [0.2, 0.25) is 0 Å². The fraction of sp³-hybridized carbons (Fsp3) is 0.176. The van der Waals surface area contributed by atoms with Crippen LogP contribution in [0.25, 0.3) is 11.1 Å². The van der Waals surface area contributed by atoms with Crippen molar-refractivity contribution >= 4 is 28.9 Å². The Morgan fingerprint density at radius 1 is 1.14 bits per heavy atom. The molecule has 1 atom stereocenters. The quantitative estimate of drug-likeness (QED) is 0.700. The molecule has 0 spiro atoms. The maximum absolute atomic E-state index is 12.2. The van der Waals surface area contributed by atoms with E-state index in [2.05, 4.69) is 41.7 Å². The van der Waals surface area contributed by atoms with E-state index in [-0.39, 0.29) is 11.9 Å². The molecule has 4 rings (SSSR count). The molecule has 1 heterocycles. The van der Waals surface area contributed by atoms with Gasteiger partial charge in [0.05, 0.1) is 5.69 Å². The first-order valence-electron chi connectivity index (χ1n) is 7.01.